The van der Waals surface area contributed by atoms with Crippen LogP contribution in [0.5, 0.6) is 5.75 Å². The maximum atomic E-state index is 15.2. The van der Waals surface area contributed by atoms with Crippen molar-refractivity contribution in [3.63, 3.8) is 0 Å². The maximum absolute atomic E-state index is 15.2. The van der Waals surface area contributed by atoms with Crippen molar-refractivity contribution in [3.05, 3.63) is 107 Å². The Hall–Kier alpha value is -5.14. The Kier molecular flexibility index (Phi) is 10.1. The van der Waals surface area contributed by atoms with E-state index >= 15 is 4.39 Å². The standard InChI is InChI=1S/C39H41F3N6O4/c1-25-34(39(51)48(31-20-43-44(2)22-31)29-8-10-32(49)11-9-29)19-36(46(25)24-37(41)42)35-18-28(40)7-12-33(35)38(50)47-21-27-6-4-3-5-26(27)17-30(47)23-45-13-15-52-16-14-45/h3-12,18-20,30-31,37,49H,13-17,21-24H2,1-2H3/t30-,31?/m0/s1. The fraction of sp³-hybridized carbons (Fsp3) is 0.359. The molecule has 7 rings (SSSR count). The number of hydrazone groups is 1. The van der Waals surface area contributed by atoms with Gasteiger partial charge in [-0.2, -0.15) is 5.10 Å². The summed E-state index contributed by atoms with van der Waals surface area (Å²) in [5.74, 6) is -1.48. The molecule has 3 aliphatic rings. The molecular formula is C39H41F3N6O4. The van der Waals surface area contributed by atoms with Crippen LogP contribution in [0.15, 0.2) is 77.9 Å². The zero-order valence-electron chi connectivity index (χ0n) is 29.1. The Morgan fingerprint density at radius 1 is 1.00 bits per heavy atom. The van der Waals surface area contributed by atoms with Gasteiger partial charge in [-0.3, -0.25) is 24.4 Å². The molecule has 0 radical (unpaired) electrons. The fourth-order valence-corrected chi connectivity index (χ4v) is 7.50. The topological polar surface area (TPSA) is 93.8 Å². The van der Waals surface area contributed by atoms with Crippen molar-refractivity contribution in [1.29, 1.82) is 0 Å². The third-order valence-electron chi connectivity index (χ3n) is 10.2. The van der Waals surface area contributed by atoms with Crippen LogP contribution < -0.4 is 4.90 Å². The Labute approximate surface area is 300 Å². The Bertz CT molecular complexity index is 1980. The van der Waals surface area contributed by atoms with Crippen LogP contribution in [0.3, 0.4) is 0 Å². The lowest BCUT2D eigenvalue weighted by Gasteiger charge is -2.40. The molecule has 1 saturated heterocycles. The van der Waals surface area contributed by atoms with Crippen LogP contribution in [0.1, 0.15) is 37.5 Å². The van der Waals surface area contributed by atoms with Crippen molar-refractivity contribution in [2.24, 2.45) is 5.10 Å². The molecule has 0 saturated carbocycles. The van der Waals surface area contributed by atoms with Gasteiger partial charge >= 0.3 is 0 Å². The summed E-state index contributed by atoms with van der Waals surface area (Å²) in [6, 6.07) is 18.7. The minimum atomic E-state index is -2.80. The number of likely N-dealkylation sites (N-methyl/N-ethyl adjacent to an activating group) is 1. The van der Waals surface area contributed by atoms with Crippen LogP contribution in [-0.2, 0) is 24.2 Å². The molecule has 1 aromatic heterocycles. The molecule has 3 aromatic carbocycles. The average molecular weight is 715 g/mol. The summed E-state index contributed by atoms with van der Waals surface area (Å²) < 4.78 is 50.6. The van der Waals surface area contributed by atoms with Crippen molar-refractivity contribution < 1.29 is 32.6 Å². The molecule has 0 bridgehead atoms. The van der Waals surface area contributed by atoms with Gasteiger partial charge in [0.25, 0.3) is 18.2 Å². The molecule has 4 heterocycles. The lowest BCUT2D eigenvalue weighted by molar-refractivity contribution is 0.0193. The van der Waals surface area contributed by atoms with Crippen LogP contribution in [0.25, 0.3) is 11.3 Å². The van der Waals surface area contributed by atoms with Gasteiger partial charge in [-0.05, 0) is 73.0 Å². The number of hydrogen-bond acceptors (Lipinski definition) is 7. The fourth-order valence-electron chi connectivity index (χ4n) is 7.50. The number of aromatic hydroxyl groups is 1. The SMILES string of the molecule is Cc1c(C(=O)N(c2ccc(O)cc2)C2C=NN(C)C2)cc(-c2cc(F)ccc2C(=O)N2Cc3ccccc3C[C@H]2CN2CCOCC2)n1CC(F)F. The summed E-state index contributed by atoms with van der Waals surface area (Å²) in [4.78, 5) is 34.8. The smallest absolute Gasteiger partial charge is 0.260 e. The molecule has 2 amide bonds. The number of phenolic OH excluding ortho intramolecular Hbond substituents is 1. The largest absolute Gasteiger partial charge is 0.508 e. The molecule has 1 unspecified atom stereocenters. The third kappa shape index (κ3) is 7.15. The van der Waals surface area contributed by atoms with Gasteiger partial charge in [-0.15, -0.1) is 0 Å². The number of aromatic nitrogens is 1. The number of alkyl halides is 2. The zero-order valence-corrected chi connectivity index (χ0v) is 29.1. The normalized spacial score (nSPS) is 19.0. The number of rotatable bonds is 9. The van der Waals surface area contributed by atoms with Crippen molar-refractivity contribution >= 4 is 23.7 Å². The lowest BCUT2D eigenvalue weighted by Crippen LogP contribution is -2.52. The first kappa shape index (κ1) is 35.3. The number of carbonyl (C=O) groups is 2. The van der Waals surface area contributed by atoms with Gasteiger partial charge in [0, 0.05) is 68.0 Å². The first-order chi connectivity index (χ1) is 25.1. The predicted octanol–water partition coefficient (Wildman–Crippen LogP) is 5.42. The first-order valence-corrected chi connectivity index (χ1v) is 17.4. The second-order valence-electron chi connectivity index (χ2n) is 13.6. The first-order valence-electron chi connectivity index (χ1n) is 17.4. The molecule has 0 aliphatic carbocycles. The van der Waals surface area contributed by atoms with E-state index in [0.29, 0.717) is 45.0 Å². The molecule has 13 heteroatoms. The molecule has 0 spiro atoms. The van der Waals surface area contributed by atoms with E-state index in [1.807, 2.05) is 18.2 Å². The molecule has 1 N–H and O–H groups in total. The van der Waals surface area contributed by atoms with Gasteiger partial charge in [-0.25, -0.2) is 13.2 Å². The highest BCUT2D eigenvalue weighted by molar-refractivity contribution is 6.10. The van der Waals surface area contributed by atoms with E-state index in [4.69, 9.17) is 4.74 Å². The number of morpholine rings is 1. The van der Waals surface area contributed by atoms with Gasteiger partial charge in [-0.1, -0.05) is 24.3 Å². The van der Waals surface area contributed by atoms with Crippen LogP contribution >= 0.6 is 0 Å². The number of ether oxygens (including phenoxy) is 1. The zero-order chi connectivity index (χ0) is 36.5. The molecule has 10 nitrogen and oxygen atoms in total. The van der Waals surface area contributed by atoms with E-state index in [9.17, 15) is 23.5 Å². The Morgan fingerprint density at radius 2 is 1.73 bits per heavy atom. The minimum absolute atomic E-state index is 0.0163. The summed E-state index contributed by atoms with van der Waals surface area (Å²) in [7, 11) is 1.77. The van der Waals surface area contributed by atoms with E-state index in [1.54, 1.807) is 42.2 Å². The van der Waals surface area contributed by atoms with E-state index in [1.165, 1.54) is 45.9 Å². The van der Waals surface area contributed by atoms with Crippen LogP contribution in [0.2, 0.25) is 0 Å². The quantitative estimate of drug-likeness (QED) is 0.249. The summed E-state index contributed by atoms with van der Waals surface area (Å²) in [6.45, 7) is 4.82. The Morgan fingerprint density at radius 3 is 2.42 bits per heavy atom. The van der Waals surface area contributed by atoms with E-state index in [2.05, 4.69) is 16.1 Å². The lowest BCUT2D eigenvalue weighted by atomic mass is 9.92. The molecule has 52 heavy (non-hydrogen) atoms. The monoisotopic (exact) mass is 714 g/mol. The van der Waals surface area contributed by atoms with Gasteiger partial charge in [0.2, 0.25) is 0 Å². The van der Waals surface area contributed by atoms with E-state index < -0.39 is 30.7 Å². The summed E-state index contributed by atoms with van der Waals surface area (Å²) in [5.41, 5.74) is 3.40. The van der Waals surface area contributed by atoms with Crippen molar-refractivity contribution in [1.82, 2.24) is 19.4 Å². The molecule has 272 valence electrons. The molecule has 4 aromatic rings. The number of nitrogens with zero attached hydrogens (tertiary/aromatic N) is 6. The molecular weight excluding hydrogens is 673 g/mol. The van der Waals surface area contributed by atoms with Gasteiger partial charge < -0.3 is 19.3 Å². The highest BCUT2D eigenvalue weighted by atomic mass is 19.3. The summed E-state index contributed by atoms with van der Waals surface area (Å²) in [6.07, 6.45) is -0.548. The highest BCUT2D eigenvalue weighted by Crippen LogP contribution is 2.35. The van der Waals surface area contributed by atoms with Gasteiger partial charge in [0.05, 0.1) is 43.6 Å². The summed E-state index contributed by atoms with van der Waals surface area (Å²) >= 11 is 0. The number of amides is 2. The van der Waals surface area contributed by atoms with Gasteiger partial charge in [0.15, 0.2) is 0 Å². The van der Waals surface area contributed by atoms with E-state index in [0.717, 1.165) is 24.2 Å². The number of phenols is 1. The van der Waals surface area contributed by atoms with E-state index in [-0.39, 0.29) is 45.8 Å². The second kappa shape index (κ2) is 14.8. The van der Waals surface area contributed by atoms with Crippen LogP contribution in [-0.4, -0.2) is 107 Å². The van der Waals surface area contributed by atoms with Crippen molar-refractivity contribution in [2.45, 2.75) is 44.9 Å². The Balaban J connectivity index is 1.30. The van der Waals surface area contributed by atoms with Crippen LogP contribution in [0.4, 0.5) is 18.9 Å². The number of anilines is 1. The number of hydrogen-bond donors (Lipinski definition) is 1. The number of halogens is 3. The minimum Gasteiger partial charge on any atom is -0.508 e. The molecule has 2 atom stereocenters. The van der Waals surface area contributed by atoms with Gasteiger partial charge in [0.1, 0.15) is 11.6 Å². The molecule has 3 aliphatic heterocycles. The number of benzene rings is 3. The molecule has 1 fully saturated rings. The third-order valence-corrected chi connectivity index (χ3v) is 10.2. The van der Waals surface area contributed by atoms with Crippen LogP contribution in [0, 0.1) is 12.7 Å². The average Bonchev–Trinajstić information content (AvgIpc) is 3.70. The second-order valence-corrected chi connectivity index (χ2v) is 13.6. The van der Waals surface area contributed by atoms with Crippen molar-refractivity contribution in [2.75, 3.05) is 51.3 Å². The number of fused-ring (bicyclic) bond motifs is 1. The van der Waals surface area contributed by atoms with Crippen molar-refractivity contribution in [3.8, 4) is 17.0 Å². The number of carbonyl (C=O) groups excluding carboxylic acids is 2. The highest BCUT2D eigenvalue weighted by Gasteiger charge is 2.35. The predicted molar refractivity (Wildman–Crippen MR) is 191 cm³/mol. The summed E-state index contributed by atoms with van der Waals surface area (Å²) in [5, 5.41) is 15.9. The maximum Gasteiger partial charge on any atom is 0.260 e.